The molecular formula is C36H43N7O4. The fourth-order valence-corrected chi connectivity index (χ4v) is 5.03. The Morgan fingerprint density at radius 1 is 1.00 bits per heavy atom. The van der Waals surface area contributed by atoms with Crippen LogP contribution < -0.4 is 10.6 Å². The van der Waals surface area contributed by atoms with E-state index in [4.69, 9.17) is 9.47 Å². The number of likely N-dealkylation sites (N-methyl/N-ethyl adjacent to an activating group) is 1. The maximum atomic E-state index is 13.2. The first-order valence-electron chi connectivity index (χ1n) is 15.9. The highest BCUT2D eigenvalue weighted by atomic mass is 16.7. The molecule has 1 unspecified atom stereocenters. The standard InChI is InChI=1S/C36H43N7O4/c1-6-36(3,4)47-35(45)46-32(43-20-18-42(5)19-21-43)22-26-10-12-27(13-11-26)33(44)39-29-14-9-25(2)31(23-29)41-34-38-17-15-30(40-34)28-8-7-16-37-24-28/h7-17,23-24,32H,6,18-22H2,1-5H3,(H,39,44)(H,38,40,41). The number of carbonyl (C=O) groups excluding carboxylic acids is 2. The van der Waals surface area contributed by atoms with E-state index in [1.54, 1.807) is 30.7 Å². The van der Waals surface area contributed by atoms with Gasteiger partial charge < -0.3 is 25.0 Å². The number of hydrogen-bond acceptors (Lipinski definition) is 10. The number of piperazine rings is 1. The molecule has 0 saturated carbocycles. The van der Waals surface area contributed by atoms with Crippen LogP contribution in [0, 0.1) is 6.92 Å². The Hall–Kier alpha value is -4.87. The van der Waals surface area contributed by atoms with Gasteiger partial charge in [0.2, 0.25) is 5.95 Å². The van der Waals surface area contributed by atoms with Gasteiger partial charge in [-0.25, -0.2) is 14.8 Å². The van der Waals surface area contributed by atoms with E-state index in [0.717, 1.165) is 54.3 Å². The lowest BCUT2D eigenvalue weighted by atomic mass is 10.1. The van der Waals surface area contributed by atoms with Crippen LogP contribution in [0.1, 0.15) is 48.7 Å². The van der Waals surface area contributed by atoms with Crippen molar-refractivity contribution in [2.45, 2.75) is 52.4 Å². The van der Waals surface area contributed by atoms with Gasteiger partial charge in [0.05, 0.1) is 5.69 Å². The first kappa shape index (κ1) is 33.5. The molecule has 1 fully saturated rings. The number of carbonyl (C=O) groups is 2. The second-order valence-electron chi connectivity index (χ2n) is 12.4. The summed E-state index contributed by atoms with van der Waals surface area (Å²) in [6.07, 6.45) is 5.18. The van der Waals surface area contributed by atoms with Gasteiger partial charge in [0.25, 0.3) is 5.91 Å². The van der Waals surface area contributed by atoms with Crippen LogP contribution in [-0.4, -0.2) is 81.9 Å². The second-order valence-corrected chi connectivity index (χ2v) is 12.4. The van der Waals surface area contributed by atoms with Gasteiger partial charge in [0.15, 0.2) is 6.23 Å². The Morgan fingerprint density at radius 2 is 1.77 bits per heavy atom. The van der Waals surface area contributed by atoms with Gasteiger partial charge in [-0.05, 0) is 87.8 Å². The molecule has 0 spiro atoms. The van der Waals surface area contributed by atoms with E-state index in [0.29, 0.717) is 30.0 Å². The van der Waals surface area contributed by atoms with E-state index in [1.807, 2.05) is 76.2 Å². The van der Waals surface area contributed by atoms with Gasteiger partial charge in [0, 0.05) is 73.7 Å². The molecule has 0 bridgehead atoms. The fraction of sp³-hybridized carbons (Fsp3) is 0.361. The summed E-state index contributed by atoms with van der Waals surface area (Å²) in [7, 11) is 2.08. The molecule has 0 radical (unpaired) electrons. The lowest BCUT2D eigenvalue weighted by Crippen LogP contribution is -2.51. The Balaban J connectivity index is 1.24. The molecule has 1 amide bonds. The summed E-state index contributed by atoms with van der Waals surface area (Å²) < 4.78 is 11.4. The average molecular weight is 638 g/mol. The van der Waals surface area contributed by atoms with Gasteiger partial charge in [-0.3, -0.25) is 14.7 Å². The Bertz CT molecular complexity index is 1660. The molecule has 11 heteroatoms. The molecular weight excluding hydrogens is 594 g/mol. The lowest BCUT2D eigenvalue weighted by Gasteiger charge is -2.37. The first-order valence-corrected chi connectivity index (χ1v) is 15.9. The monoisotopic (exact) mass is 637 g/mol. The van der Waals surface area contributed by atoms with Crippen molar-refractivity contribution in [3.8, 4) is 11.3 Å². The third-order valence-electron chi connectivity index (χ3n) is 8.37. The summed E-state index contributed by atoms with van der Waals surface area (Å²) in [6.45, 7) is 11.0. The number of benzene rings is 2. The van der Waals surface area contributed by atoms with Crippen LogP contribution in [0.3, 0.4) is 0 Å². The van der Waals surface area contributed by atoms with Crippen molar-refractivity contribution in [3.05, 3.63) is 95.9 Å². The van der Waals surface area contributed by atoms with Crippen molar-refractivity contribution in [2.75, 3.05) is 43.9 Å². The highest BCUT2D eigenvalue weighted by molar-refractivity contribution is 6.04. The quantitative estimate of drug-likeness (QED) is 0.181. The van der Waals surface area contributed by atoms with Gasteiger partial charge in [0.1, 0.15) is 5.60 Å². The third kappa shape index (κ3) is 9.34. The third-order valence-corrected chi connectivity index (χ3v) is 8.37. The Morgan fingerprint density at radius 3 is 2.47 bits per heavy atom. The van der Waals surface area contributed by atoms with Crippen molar-refractivity contribution in [1.82, 2.24) is 24.8 Å². The van der Waals surface area contributed by atoms with E-state index < -0.39 is 18.0 Å². The number of aryl methyl sites for hydroxylation is 1. The van der Waals surface area contributed by atoms with Crippen molar-refractivity contribution in [2.24, 2.45) is 0 Å². The molecule has 0 aliphatic carbocycles. The number of rotatable bonds is 11. The fourth-order valence-electron chi connectivity index (χ4n) is 5.03. The molecule has 4 aromatic rings. The van der Waals surface area contributed by atoms with Crippen LogP contribution in [0.5, 0.6) is 0 Å². The van der Waals surface area contributed by atoms with Gasteiger partial charge in [-0.1, -0.05) is 25.1 Å². The molecule has 1 atom stereocenters. The number of pyridine rings is 1. The molecule has 3 heterocycles. The highest BCUT2D eigenvalue weighted by Crippen LogP contribution is 2.25. The smallest absolute Gasteiger partial charge is 0.428 e. The molecule has 246 valence electrons. The molecule has 5 rings (SSSR count). The van der Waals surface area contributed by atoms with E-state index in [9.17, 15) is 9.59 Å². The summed E-state index contributed by atoms with van der Waals surface area (Å²) in [5.41, 5.74) is 4.88. The van der Waals surface area contributed by atoms with E-state index in [2.05, 4.69) is 42.4 Å². The maximum Gasteiger partial charge on any atom is 0.510 e. The Kier molecular flexibility index (Phi) is 10.8. The van der Waals surface area contributed by atoms with Crippen LogP contribution >= 0.6 is 0 Å². The molecule has 1 saturated heterocycles. The number of ether oxygens (including phenoxy) is 2. The van der Waals surface area contributed by atoms with E-state index in [1.165, 1.54) is 0 Å². The summed E-state index contributed by atoms with van der Waals surface area (Å²) in [4.78, 5) is 43.5. The predicted octanol–water partition coefficient (Wildman–Crippen LogP) is 6.30. The summed E-state index contributed by atoms with van der Waals surface area (Å²) >= 11 is 0. The Labute approximate surface area is 276 Å². The van der Waals surface area contributed by atoms with Gasteiger partial charge in [-0.2, -0.15) is 0 Å². The first-order chi connectivity index (χ1) is 22.6. The second kappa shape index (κ2) is 15.1. The average Bonchev–Trinajstić information content (AvgIpc) is 3.07. The van der Waals surface area contributed by atoms with Crippen LogP contribution in [0.25, 0.3) is 11.3 Å². The number of nitrogens with one attached hydrogen (secondary N) is 2. The molecule has 2 aromatic heterocycles. The molecule has 2 N–H and O–H groups in total. The number of nitrogens with zero attached hydrogens (tertiary/aromatic N) is 5. The lowest BCUT2D eigenvalue weighted by molar-refractivity contribution is -0.0850. The normalized spacial score (nSPS) is 14.7. The van der Waals surface area contributed by atoms with Crippen LogP contribution in [0.15, 0.2) is 79.3 Å². The van der Waals surface area contributed by atoms with Crippen LogP contribution in [0.2, 0.25) is 0 Å². The zero-order chi connectivity index (χ0) is 33.4. The molecule has 11 nitrogen and oxygen atoms in total. The van der Waals surface area contributed by atoms with E-state index in [-0.39, 0.29) is 5.91 Å². The zero-order valence-electron chi connectivity index (χ0n) is 27.7. The van der Waals surface area contributed by atoms with Gasteiger partial charge in [-0.15, -0.1) is 0 Å². The summed E-state index contributed by atoms with van der Waals surface area (Å²) in [5, 5.41) is 6.27. The summed E-state index contributed by atoms with van der Waals surface area (Å²) in [6, 6.07) is 18.7. The molecule has 1 aliphatic heterocycles. The minimum absolute atomic E-state index is 0.238. The van der Waals surface area contributed by atoms with Gasteiger partial charge >= 0.3 is 6.16 Å². The predicted molar refractivity (Wildman–Crippen MR) is 183 cm³/mol. The van der Waals surface area contributed by atoms with E-state index >= 15 is 0 Å². The van der Waals surface area contributed by atoms with Crippen LogP contribution in [0.4, 0.5) is 22.1 Å². The number of aromatic nitrogens is 3. The van der Waals surface area contributed by atoms with Crippen LogP contribution in [-0.2, 0) is 15.9 Å². The SMILES string of the molecule is CCC(C)(C)OC(=O)OC(Cc1ccc(C(=O)Nc2ccc(C)c(Nc3nccc(-c4cccnc4)n3)c2)cc1)N1CCN(C)CC1. The van der Waals surface area contributed by atoms with Crippen molar-refractivity contribution in [3.63, 3.8) is 0 Å². The molecule has 2 aromatic carbocycles. The number of amides is 1. The highest BCUT2D eigenvalue weighted by Gasteiger charge is 2.29. The maximum absolute atomic E-state index is 13.2. The number of hydrogen-bond donors (Lipinski definition) is 2. The van der Waals surface area contributed by atoms with Crippen molar-refractivity contribution in [1.29, 1.82) is 0 Å². The summed E-state index contributed by atoms with van der Waals surface area (Å²) in [5.74, 6) is 0.202. The largest absolute Gasteiger partial charge is 0.510 e. The molecule has 47 heavy (non-hydrogen) atoms. The minimum Gasteiger partial charge on any atom is -0.428 e. The van der Waals surface area contributed by atoms with Crippen molar-refractivity contribution < 1.29 is 19.1 Å². The topological polar surface area (TPSA) is 122 Å². The molecule has 1 aliphatic rings. The number of anilines is 3. The van der Waals surface area contributed by atoms with Crippen molar-refractivity contribution >= 4 is 29.4 Å². The zero-order valence-corrected chi connectivity index (χ0v) is 27.7. The minimum atomic E-state index is -0.670.